The van der Waals surface area contributed by atoms with Gasteiger partial charge in [0.1, 0.15) is 18.1 Å². The zero-order valence-electron chi connectivity index (χ0n) is 13.2. The van der Waals surface area contributed by atoms with E-state index in [1.165, 1.54) is 35.4 Å². The lowest BCUT2D eigenvalue weighted by atomic mass is 9.99. The minimum Gasteiger partial charge on any atom is -0.496 e. The summed E-state index contributed by atoms with van der Waals surface area (Å²) in [6, 6.07) is 4.13. The van der Waals surface area contributed by atoms with Crippen LogP contribution in [0.15, 0.2) is 58.4 Å². The fourth-order valence-corrected chi connectivity index (χ4v) is 2.42. The summed E-state index contributed by atoms with van der Waals surface area (Å²) in [6.45, 7) is 0.297. The molecule has 1 amide bonds. The minimum absolute atomic E-state index is 0.0405. The highest BCUT2D eigenvalue weighted by Gasteiger charge is 2.23. The van der Waals surface area contributed by atoms with Crippen LogP contribution in [0.1, 0.15) is 15.9 Å². The molecule has 0 unspecified atom stereocenters. The van der Waals surface area contributed by atoms with Crippen molar-refractivity contribution in [3.05, 3.63) is 70.4 Å². The summed E-state index contributed by atoms with van der Waals surface area (Å²) in [4.78, 5) is 29.5. The number of carbonyl (C=O) groups is 2. The molecule has 0 N–H and O–H groups in total. The smallest absolute Gasteiger partial charge is 0.256 e. The second-order valence-electron chi connectivity index (χ2n) is 5.61. The molecule has 2 aliphatic rings. The predicted molar refractivity (Wildman–Crippen MR) is 87.2 cm³/mol. The maximum absolute atomic E-state index is 13.8. The summed E-state index contributed by atoms with van der Waals surface area (Å²) in [5, 5.41) is 0. The number of allylic oxidation sites excluding steroid dienone is 2. The number of aliphatic imine (C=N–C) groups is 1. The Bertz CT molecular complexity index is 848. The van der Waals surface area contributed by atoms with E-state index in [0.717, 1.165) is 11.1 Å². The van der Waals surface area contributed by atoms with Crippen LogP contribution < -0.4 is 0 Å². The third-order valence-electron chi connectivity index (χ3n) is 3.69. The largest absolute Gasteiger partial charge is 0.496 e. The van der Waals surface area contributed by atoms with E-state index in [1.54, 1.807) is 26.4 Å². The number of ether oxygens (including phenoxy) is 1. The van der Waals surface area contributed by atoms with Gasteiger partial charge in [0.15, 0.2) is 0 Å². The molecule has 1 aliphatic carbocycles. The van der Waals surface area contributed by atoms with Crippen molar-refractivity contribution in [1.82, 2.24) is 4.90 Å². The first kappa shape index (κ1) is 15.9. The zero-order valence-corrected chi connectivity index (χ0v) is 13.2. The van der Waals surface area contributed by atoms with Gasteiger partial charge < -0.3 is 9.64 Å². The van der Waals surface area contributed by atoms with Gasteiger partial charge in [0.25, 0.3) is 5.91 Å². The molecule has 1 aromatic carbocycles. The van der Waals surface area contributed by atoms with Gasteiger partial charge in [-0.25, -0.2) is 4.39 Å². The first-order valence-corrected chi connectivity index (χ1v) is 7.30. The first-order valence-electron chi connectivity index (χ1n) is 7.30. The molecule has 122 valence electrons. The van der Waals surface area contributed by atoms with Crippen LogP contribution in [0.4, 0.5) is 4.39 Å². The van der Waals surface area contributed by atoms with Crippen LogP contribution in [0, 0.1) is 5.82 Å². The van der Waals surface area contributed by atoms with Gasteiger partial charge in [-0.15, -0.1) is 0 Å². The Hall–Kier alpha value is -3.02. The summed E-state index contributed by atoms with van der Waals surface area (Å²) in [7, 11) is 3.10. The summed E-state index contributed by atoms with van der Waals surface area (Å²) >= 11 is 0. The quantitative estimate of drug-likeness (QED) is 0.801. The molecule has 1 heterocycles. The Kier molecular flexibility index (Phi) is 4.12. The Balaban J connectivity index is 1.93. The molecular formula is C18H15FN2O3. The van der Waals surface area contributed by atoms with Crippen LogP contribution in [0.5, 0.6) is 0 Å². The van der Waals surface area contributed by atoms with Crippen molar-refractivity contribution >= 4 is 17.9 Å². The molecule has 1 aromatic rings. The highest BCUT2D eigenvalue weighted by molar-refractivity contribution is 6.08. The molecule has 0 aromatic heterocycles. The number of benzene rings is 1. The van der Waals surface area contributed by atoms with E-state index in [2.05, 4.69) is 4.99 Å². The molecule has 0 spiro atoms. The van der Waals surface area contributed by atoms with Crippen LogP contribution in [0.2, 0.25) is 0 Å². The average molecular weight is 326 g/mol. The second-order valence-corrected chi connectivity index (χ2v) is 5.61. The molecule has 1 aliphatic heterocycles. The van der Waals surface area contributed by atoms with Gasteiger partial charge in [-0.05, 0) is 29.8 Å². The summed E-state index contributed by atoms with van der Waals surface area (Å²) in [5.74, 6) is -1.24. The second kappa shape index (κ2) is 6.23. The van der Waals surface area contributed by atoms with E-state index in [4.69, 9.17) is 4.74 Å². The number of carbonyl (C=O) groups excluding carboxylic acids is 2. The van der Waals surface area contributed by atoms with E-state index in [-0.39, 0.29) is 11.3 Å². The third-order valence-corrected chi connectivity index (χ3v) is 3.69. The maximum Gasteiger partial charge on any atom is 0.256 e. The predicted octanol–water partition coefficient (Wildman–Crippen LogP) is 2.25. The normalized spacial score (nSPS) is 16.3. The van der Waals surface area contributed by atoms with Gasteiger partial charge in [0.2, 0.25) is 5.78 Å². The third kappa shape index (κ3) is 2.90. The van der Waals surface area contributed by atoms with E-state index in [1.807, 2.05) is 0 Å². The summed E-state index contributed by atoms with van der Waals surface area (Å²) < 4.78 is 19.0. The standard InChI is InChI=1S/C18H15FN2O3/c1-21(2)18(23)13-7-11(3-5-15(13)19)8-20-17-14-10-24-9-12(14)4-6-16(17)22/h3-9H,10H2,1-2H3/b20-8+. The number of fused-ring (bicyclic) bond motifs is 1. The fraction of sp³-hybridized carbons (Fsp3) is 0.167. The van der Waals surface area contributed by atoms with Crippen molar-refractivity contribution in [2.24, 2.45) is 4.99 Å². The number of ketones is 1. The van der Waals surface area contributed by atoms with Crippen LogP contribution in [0.25, 0.3) is 0 Å². The lowest BCUT2D eigenvalue weighted by Gasteiger charge is -2.11. The van der Waals surface area contributed by atoms with Crippen molar-refractivity contribution in [1.29, 1.82) is 0 Å². The molecule has 6 heteroatoms. The average Bonchev–Trinajstić information content (AvgIpc) is 3.03. The van der Waals surface area contributed by atoms with Gasteiger partial charge in [-0.1, -0.05) is 6.07 Å². The van der Waals surface area contributed by atoms with Crippen LogP contribution >= 0.6 is 0 Å². The topological polar surface area (TPSA) is 59.0 Å². The van der Waals surface area contributed by atoms with E-state index < -0.39 is 11.7 Å². The maximum atomic E-state index is 13.8. The first-order chi connectivity index (χ1) is 11.5. The summed E-state index contributed by atoms with van der Waals surface area (Å²) in [6.07, 6.45) is 6.15. The van der Waals surface area contributed by atoms with Crippen LogP contribution in [-0.2, 0) is 9.53 Å². The van der Waals surface area contributed by atoms with Gasteiger partial charge in [0.05, 0.1) is 11.8 Å². The SMILES string of the molecule is CN(C)C(=O)c1cc(/C=N/C2=C3COC=C3C=CC2=O)ccc1F. The van der Waals surface area contributed by atoms with Crippen molar-refractivity contribution in [2.45, 2.75) is 0 Å². The van der Waals surface area contributed by atoms with Gasteiger partial charge in [-0.3, -0.25) is 14.6 Å². The zero-order chi connectivity index (χ0) is 17.3. The van der Waals surface area contributed by atoms with Crippen molar-refractivity contribution in [3.63, 3.8) is 0 Å². The number of halogens is 1. The monoisotopic (exact) mass is 326 g/mol. The lowest BCUT2D eigenvalue weighted by Crippen LogP contribution is -2.23. The van der Waals surface area contributed by atoms with Crippen molar-refractivity contribution in [3.8, 4) is 0 Å². The fourth-order valence-electron chi connectivity index (χ4n) is 2.42. The van der Waals surface area contributed by atoms with Gasteiger partial charge >= 0.3 is 0 Å². The molecule has 24 heavy (non-hydrogen) atoms. The van der Waals surface area contributed by atoms with Crippen LogP contribution in [0.3, 0.4) is 0 Å². The Morgan fingerprint density at radius 2 is 2.12 bits per heavy atom. The molecule has 0 saturated heterocycles. The molecule has 0 radical (unpaired) electrons. The Morgan fingerprint density at radius 3 is 2.88 bits per heavy atom. The minimum atomic E-state index is -0.598. The lowest BCUT2D eigenvalue weighted by molar-refractivity contribution is -0.111. The molecule has 0 bridgehead atoms. The molecular weight excluding hydrogens is 311 g/mol. The molecule has 0 saturated carbocycles. The van der Waals surface area contributed by atoms with E-state index in [0.29, 0.717) is 17.9 Å². The van der Waals surface area contributed by atoms with Crippen molar-refractivity contribution in [2.75, 3.05) is 20.7 Å². The Morgan fingerprint density at radius 1 is 1.33 bits per heavy atom. The Labute approximate surface area is 138 Å². The number of hydrogen-bond acceptors (Lipinski definition) is 4. The number of amides is 1. The van der Waals surface area contributed by atoms with Crippen LogP contribution in [-0.4, -0.2) is 43.5 Å². The molecule has 3 rings (SSSR count). The van der Waals surface area contributed by atoms with Gasteiger partial charge in [-0.2, -0.15) is 0 Å². The number of nitrogens with zero attached hydrogens (tertiary/aromatic N) is 2. The van der Waals surface area contributed by atoms with Gasteiger partial charge in [0, 0.05) is 31.5 Å². The molecule has 5 nitrogen and oxygen atoms in total. The number of hydrogen-bond donors (Lipinski definition) is 0. The summed E-state index contributed by atoms with van der Waals surface area (Å²) in [5.41, 5.74) is 2.34. The van der Waals surface area contributed by atoms with Crippen molar-refractivity contribution < 1.29 is 18.7 Å². The molecule has 0 fully saturated rings. The highest BCUT2D eigenvalue weighted by Crippen LogP contribution is 2.28. The van der Waals surface area contributed by atoms with E-state index >= 15 is 0 Å². The molecule has 0 atom stereocenters. The number of rotatable bonds is 3. The van der Waals surface area contributed by atoms with E-state index in [9.17, 15) is 14.0 Å². The highest BCUT2D eigenvalue weighted by atomic mass is 19.1.